The Hall–Kier alpha value is -1.65. The fourth-order valence-electron chi connectivity index (χ4n) is 4.13. The van der Waals surface area contributed by atoms with E-state index in [1.165, 1.54) is 24.1 Å². The Balaban J connectivity index is 1.55. The zero-order chi connectivity index (χ0) is 19.8. The van der Waals surface area contributed by atoms with Crippen LogP contribution in [0.15, 0.2) is 41.8 Å². The first-order valence-corrected chi connectivity index (χ1v) is 11.7. The highest BCUT2D eigenvalue weighted by molar-refractivity contribution is 7.09. The highest BCUT2D eigenvalue weighted by atomic mass is 32.1. The summed E-state index contributed by atoms with van der Waals surface area (Å²) in [4.78, 5) is 15.9. The van der Waals surface area contributed by atoms with Gasteiger partial charge in [0.25, 0.3) is 0 Å². The number of hydrogen-bond acceptors (Lipinski definition) is 3. The summed E-state index contributed by atoms with van der Waals surface area (Å²) in [6, 6.07) is 12.6. The fraction of sp³-hybridized carbons (Fsp3) is 0.542. The Morgan fingerprint density at radius 1 is 1.14 bits per heavy atom. The van der Waals surface area contributed by atoms with Gasteiger partial charge in [0, 0.05) is 23.0 Å². The van der Waals surface area contributed by atoms with Gasteiger partial charge in [0.15, 0.2) is 0 Å². The van der Waals surface area contributed by atoms with E-state index in [2.05, 4.69) is 24.4 Å². The smallest absolute Gasteiger partial charge is 0.227 e. The van der Waals surface area contributed by atoms with Crippen LogP contribution in [0.1, 0.15) is 81.3 Å². The zero-order valence-electron chi connectivity index (χ0n) is 17.0. The molecule has 0 spiro atoms. The highest BCUT2D eigenvalue weighted by Gasteiger charge is 2.31. The molecular formula is C24H33NO2S. The van der Waals surface area contributed by atoms with Crippen molar-refractivity contribution in [3.8, 4) is 0 Å². The molecule has 1 fully saturated rings. The van der Waals surface area contributed by atoms with Gasteiger partial charge in [-0.1, -0.05) is 50.8 Å². The van der Waals surface area contributed by atoms with Gasteiger partial charge in [-0.2, -0.15) is 0 Å². The van der Waals surface area contributed by atoms with E-state index < -0.39 is 6.10 Å². The molecule has 1 aromatic carbocycles. The number of carbonyl (C=O) groups is 1. The molecule has 28 heavy (non-hydrogen) atoms. The summed E-state index contributed by atoms with van der Waals surface area (Å²) in [5, 5.41) is 12.5. The van der Waals surface area contributed by atoms with E-state index in [0.717, 1.165) is 49.8 Å². The molecule has 1 aliphatic rings. The Kier molecular flexibility index (Phi) is 8.11. The van der Waals surface area contributed by atoms with Crippen LogP contribution in [0.4, 0.5) is 5.69 Å². The number of aliphatic hydroxyl groups is 1. The zero-order valence-corrected chi connectivity index (χ0v) is 17.8. The standard InChI is InChI=1S/C24H33NO2S/c1-2-3-4-5-11-23(26)19-12-14-21(15-13-19)25-20(16-17-24(25)27)8-6-9-22-10-7-18-28-22/h7,10,12-15,18,20,23,26H,2-6,8-9,11,16-17H2,1H3/t20-,23?/m0/s1. The van der Waals surface area contributed by atoms with Crippen LogP contribution in [0, 0.1) is 0 Å². The molecule has 2 heterocycles. The number of amides is 1. The van der Waals surface area contributed by atoms with Crippen LogP contribution in [0.25, 0.3) is 0 Å². The summed E-state index contributed by atoms with van der Waals surface area (Å²) in [6.45, 7) is 2.20. The third-order valence-electron chi connectivity index (χ3n) is 5.75. The molecule has 1 unspecified atom stereocenters. The van der Waals surface area contributed by atoms with Crippen LogP contribution in [0.3, 0.4) is 0 Å². The van der Waals surface area contributed by atoms with Crippen LogP contribution < -0.4 is 4.90 Å². The molecule has 0 radical (unpaired) electrons. The predicted molar refractivity (Wildman–Crippen MR) is 118 cm³/mol. The molecule has 2 aromatic rings. The molecule has 2 atom stereocenters. The van der Waals surface area contributed by atoms with E-state index in [-0.39, 0.29) is 5.91 Å². The normalized spacial score (nSPS) is 18.0. The third kappa shape index (κ3) is 5.68. The Morgan fingerprint density at radius 2 is 1.96 bits per heavy atom. The van der Waals surface area contributed by atoms with Gasteiger partial charge in [0.2, 0.25) is 5.91 Å². The Labute approximate surface area is 173 Å². The molecule has 4 heteroatoms. The molecule has 3 rings (SSSR count). The number of unbranched alkanes of at least 4 members (excludes halogenated alkanes) is 3. The Bertz CT molecular complexity index is 711. The lowest BCUT2D eigenvalue weighted by molar-refractivity contribution is -0.117. The summed E-state index contributed by atoms with van der Waals surface area (Å²) in [5.74, 6) is 0.231. The van der Waals surface area contributed by atoms with Gasteiger partial charge in [0.05, 0.1) is 6.10 Å². The number of benzene rings is 1. The van der Waals surface area contributed by atoms with Crippen molar-refractivity contribution in [1.82, 2.24) is 0 Å². The molecule has 1 aromatic heterocycles. The fourth-order valence-corrected chi connectivity index (χ4v) is 4.88. The summed E-state index contributed by atoms with van der Waals surface area (Å²) < 4.78 is 0. The van der Waals surface area contributed by atoms with Gasteiger partial charge in [-0.25, -0.2) is 0 Å². The summed E-state index contributed by atoms with van der Waals surface area (Å²) in [6.07, 6.45) is 9.95. The second kappa shape index (κ2) is 10.8. The average molecular weight is 400 g/mol. The molecule has 0 saturated carbocycles. The quantitative estimate of drug-likeness (QED) is 0.452. The number of nitrogens with zero attached hydrogens (tertiary/aromatic N) is 1. The first kappa shape index (κ1) is 21.1. The number of aryl methyl sites for hydroxylation is 1. The van der Waals surface area contributed by atoms with Gasteiger partial charge in [-0.05, 0) is 61.2 Å². The van der Waals surface area contributed by atoms with Gasteiger partial charge < -0.3 is 10.0 Å². The van der Waals surface area contributed by atoms with Crippen LogP contribution in [0.5, 0.6) is 0 Å². The maximum absolute atomic E-state index is 12.5. The molecule has 152 valence electrons. The van der Waals surface area contributed by atoms with Gasteiger partial charge in [-0.3, -0.25) is 4.79 Å². The second-order valence-corrected chi connectivity index (χ2v) is 8.92. The van der Waals surface area contributed by atoms with Crippen molar-refractivity contribution in [3.63, 3.8) is 0 Å². The van der Waals surface area contributed by atoms with Crippen molar-refractivity contribution < 1.29 is 9.90 Å². The molecule has 0 bridgehead atoms. The number of thiophene rings is 1. The van der Waals surface area contributed by atoms with Crippen LogP contribution in [0.2, 0.25) is 0 Å². The minimum Gasteiger partial charge on any atom is -0.388 e. The number of rotatable bonds is 11. The van der Waals surface area contributed by atoms with Gasteiger partial charge in [0.1, 0.15) is 0 Å². The van der Waals surface area contributed by atoms with E-state index >= 15 is 0 Å². The van der Waals surface area contributed by atoms with E-state index in [4.69, 9.17) is 0 Å². The van der Waals surface area contributed by atoms with E-state index in [9.17, 15) is 9.90 Å². The lowest BCUT2D eigenvalue weighted by Gasteiger charge is -2.25. The molecule has 1 saturated heterocycles. The third-order valence-corrected chi connectivity index (χ3v) is 6.69. The van der Waals surface area contributed by atoms with E-state index in [1.54, 1.807) is 0 Å². The molecule has 1 N–H and O–H groups in total. The topological polar surface area (TPSA) is 40.5 Å². The Morgan fingerprint density at radius 3 is 2.68 bits per heavy atom. The van der Waals surface area contributed by atoms with Gasteiger partial charge >= 0.3 is 0 Å². The van der Waals surface area contributed by atoms with Crippen molar-refractivity contribution in [2.24, 2.45) is 0 Å². The van der Waals surface area contributed by atoms with Crippen molar-refractivity contribution in [3.05, 3.63) is 52.2 Å². The first-order valence-electron chi connectivity index (χ1n) is 10.8. The molecule has 0 aliphatic carbocycles. The van der Waals surface area contributed by atoms with Crippen molar-refractivity contribution in [2.75, 3.05) is 4.90 Å². The number of carbonyl (C=O) groups excluding carboxylic acids is 1. The first-order chi connectivity index (χ1) is 13.7. The molecule has 1 aliphatic heterocycles. The second-order valence-electron chi connectivity index (χ2n) is 7.88. The highest BCUT2D eigenvalue weighted by Crippen LogP contribution is 2.31. The number of aliphatic hydroxyl groups excluding tert-OH is 1. The van der Waals surface area contributed by atoms with Crippen molar-refractivity contribution >= 4 is 22.9 Å². The van der Waals surface area contributed by atoms with Crippen molar-refractivity contribution in [2.45, 2.75) is 83.3 Å². The lowest BCUT2D eigenvalue weighted by atomic mass is 10.0. The van der Waals surface area contributed by atoms with E-state index in [0.29, 0.717) is 12.5 Å². The lowest BCUT2D eigenvalue weighted by Crippen LogP contribution is -2.32. The van der Waals surface area contributed by atoms with Crippen LogP contribution >= 0.6 is 11.3 Å². The van der Waals surface area contributed by atoms with Crippen LogP contribution in [-0.4, -0.2) is 17.1 Å². The monoisotopic (exact) mass is 399 g/mol. The molecule has 1 amide bonds. The number of hydrogen-bond donors (Lipinski definition) is 1. The predicted octanol–water partition coefficient (Wildman–Crippen LogP) is 6.27. The summed E-state index contributed by atoms with van der Waals surface area (Å²) in [5.41, 5.74) is 1.94. The molecular weight excluding hydrogens is 366 g/mol. The average Bonchev–Trinajstić information content (AvgIpc) is 3.35. The summed E-state index contributed by atoms with van der Waals surface area (Å²) in [7, 11) is 0. The maximum Gasteiger partial charge on any atom is 0.227 e. The van der Waals surface area contributed by atoms with Gasteiger partial charge in [-0.15, -0.1) is 11.3 Å². The maximum atomic E-state index is 12.5. The summed E-state index contributed by atoms with van der Waals surface area (Å²) >= 11 is 1.81. The molecule has 3 nitrogen and oxygen atoms in total. The van der Waals surface area contributed by atoms with Crippen LogP contribution in [-0.2, 0) is 11.2 Å². The minimum atomic E-state index is -0.401. The number of anilines is 1. The minimum absolute atomic E-state index is 0.231. The SMILES string of the molecule is CCCCCCC(O)c1ccc(N2C(=O)CC[C@@H]2CCCc2cccs2)cc1. The van der Waals surface area contributed by atoms with E-state index in [1.807, 2.05) is 40.5 Å². The van der Waals surface area contributed by atoms with Crippen molar-refractivity contribution in [1.29, 1.82) is 0 Å². The largest absolute Gasteiger partial charge is 0.388 e.